The number of carbonyl (C=O) groups is 1. The first-order valence-corrected chi connectivity index (χ1v) is 10.9. The lowest BCUT2D eigenvalue weighted by Crippen LogP contribution is -2.23. The van der Waals surface area contributed by atoms with Crippen LogP contribution in [0.3, 0.4) is 0 Å². The molecule has 1 N–H and O–H groups in total. The van der Waals surface area contributed by atoms with E-state index < -0.39 is 0 Å². The summed E-state index contributed by atoms with van der Waals surface area (Å²) in [4.78, 5) is 16.5. The van der Waals surface area contributed by atoms with Gasteiger partial charge in [-0.2, -0.15) is 4.98 Å². The monoisotopic (exact) mass is 434 g/mol. The number of aromatic nitrogens is 5. The second kappa shape index (κ2) is 10.0. The Kier molecular flexibility index (Phi) is 6.73. The maximum atomic E-state index is 12.1. The molecule has 4 aromatic rings. The van der Waals surface area contributed by atoms with Gasteiger partial charge in [0.15, 0.2) is 11.0 Å². The molecular weight excluding hydrogens is 412 g/mol. The first-order chi connectivity index (χ1) is 15.2. The molecule has 0 bridgehead atoms. The third-order valence-corrected chi connectivity index (χ3v) is 5.54. The molecule has 0 aliphatic carbocycles. The minimum atomic E-state index is -0.177. The summed E-state index contributed by atoms with van der Waals surface area (Å²) in [6.45, 7) is 3.05. The van der Waals surface area contributed by atoms with Crippen molar-refractivity contribution in [2.75, 3.05) is 0 Å². The normalized spacial score (nSPS) is 10.9. The Hall–Kier alpha value is -3.46. The van der Waals surface area contributed by atoms with Gasteiger partial charge in [0, 0.05) is 18.5 Å². The summed E-state index contributed by atoms with van der Waals surface area (Å²) in [6.07, 6.45) is 0.730. The Bertz CT molecular complexity index is 1130. The zero-order valence-corrected chi connectivity index (χ0v) is 17.9. The Morgan fingerprint density at radius 2 is 1.81 bits per heavy atom. The van der Waals surface area contributed by atoms with E-state index in [2.05, 4.69) is 49.3 Å². The molecule has 9 heteroatoms. The molecule has 8 nitrogen and oxygen atoms in total. The van der Waals surface area contributed by atoms with Gasteiger partial charge in [-0.15, -0.1) is 10.2 Å². The van der Waals surface area contributed by atoms with Crippen molar-refractivity contribution in [3.05, 3.63) is 89.3 Å². The maximum Gasteiger partial charge on any atom is 0.251 e. The number of nitrogens with one attached hydrogen (secondary N) is 1. The number of nitrogens with zero attached hydrogens (tertiary/aromatic N) is 5. The third kappa shape index (κ3) is 5.37. The molecule has 0 fully saturated rings. The Morgan fingerprint density at radius 1 is 1.06 bits per heavy atom. The van der Waals surface area contributed by atoms with Gasteiger partial charge >= 0.3 is 0 Å². The van der Waals surface area contributed by atoms with Crippen molar-refractivity contribution in [3.63, 3.8) is 0 Å². The fourth-order valence-electron chi connectivity index (χ4n) is 3.05. The van der Waals surface area contributed by atoms with Gasteiger partial charge in [-0.05, 0) is 24.6 Å². The zero-order valence-electron chi connectivity index (χ0n) is 17.1. The average Bonchev–Trinajstić information content (AvgIpc) is 3.43. The number of hydrogen-bond acceptors (Lipinski definition) is 7. The molecule has 158 valence electrons. The van der Waals surface area contributed by atoms with E-state index in [4.69, 9.17) is 4.52 Å². The van der Waals surface area contributed by atoms with E-state index >= 15 is 0 Å². The van der Waals surface area contributed by atoms with Gasteiger partial charge < -0.3 is 14.4 Å². The van der Waals surface area contributed by atoms with E-state index in [0.29, 0.717) is 23.0 Å². The van der Waals surface area contributed by atoms with Gasteiger partial charge in [-0.3, -0.25) is 4.79 Å². The lowest BCUT2D eigenvalue weighted by Gasteiger charge is -2.06. The molecule has 2 aromatic heterocycles. The number of carbonyl (C=O) groups excluding carboxylic acids is 1. The summed E-state index contributed by atoms with van der Waals surface area (Å²) in [6, 6.07) is 19.2. The maximum absolute atomic E-state index is 12.1. The molecule has 0 radical (unpaired) electrons. The molecule has 31 heavy (non-hydrogen) atoms. The number of amides is 1. The minimum Gasteiger partial charge on any atom is -0.345 e. The Labute approximate surface area is 184 Å². The van der Waals surface area contributed by atoms with Crippen molar-refractivity contribution in [2.24, 2.45) is 0 Å². The van der Waals surface area contributed by atoms with Gasteiger partial charge in [-0.25, -0.2) is 0 Å². The van der Waals surface area contributed by atoms with E-state index in [1.807, 2.05) is 36.4 Å². The van der Waals surface area contributed by atoms with Crippen LogP contribution in [0.15, 0.2) is 70.3 Å². The molecule has 0 aliphatic rings. The highest BCUT2D eigenvalue weighted by atomic mass is 32.2. The molecule has 0 atom stereocenters. The smallest absolute Gasteiger partial charge is 0.251 e. The standard InChI is InChI=1S/C22H22N6O2S/c1-2-28-19(13-16-9-5-3-6-10-16)25-26-22(28)31-15-20-24-18(27-30-20)14-23-21(29)17-11-7-4-8-12-17/h3-12H,2,13-15H2,1H3,(H,23,29). The summed E-state index contributed by atoms with van der Waals surface area (Å²) in [5.74, 6) is 2.13. The molecule has 2 heterocycles. The molecule has 4 rings (SSSR count). The van der Waals surface area contributed by atoms with Crippen LogP contribution in [0.5, 0.6) is 0 Å². The highest BCUT2D eigenvalue weighted by molar-refractivity contribution is 7.98. The minimum absolute atomic E-state index is 0.177. The van der Waals surface area contributed by atoms with E-state index in [0.717, 1.165) is 23.9 Å². The fourth-order valence-corrected chi connectivity index (χ4v) is 3.91. The van der Waals surface area contributed by atoms with Crippen LogP contribution in [0.1, 0.15) is 40.4 Å². The fraction of sp³-hybridized carbons (Fsp3) is 0.227. The van der Waals surface area contributed by atoms with Crippen molar-refractivity contribution >= 4 is 17.7 Å². The van der Waals surface area contributed by atoms with Crippen molar-refractivity contribution in [2.45, 2.75) is 37.3 Å². The zero-order chi connectivity index (χ0) is 21.5. The number of hydrogen-bond donors (Lipinski definition) is 1. The van der Waals surface area contributed by atoms with Gasteiger partial charge in [0.25, 0.3) is 5.91 Å². The first-order valence-electron chi connectivity index (χ1n) is 9.96. The lowest BCUT2D eigenvalue weighted by molar-refractivity contribution is 0.0949. The quantitative estimate of drug-likeness (QED) is 0.403. The van der Waals surface area contributed by atoms with Crippen LogP contribution < -0.4 is 5.32 Å². The molecule has 0 saturated heterocycles. The molecule has 0 unspecified atom stereocenters. The van der Waals surface area contributed by atoms with Crippen molar-refractivity contribution in [1.29, 1.82) is 0 Å². The number of rotatable bonds is 9. The summed E-state index contributed by atoms with van der Waals surface area (Å²) in [5.41, 5.74) is 1.78. The summed E-state index contributed by atoms with van der Waals surface area (Å²) < 4.78 is 7.40. The van der Waals surface area contributed by atoms with E-state index in [1.165, 1.54) is 17.3 Å². The van der Waals surface area contributed by atoms with Crippen LogP contribution in [0.25, 0.3) is 0 Å². The third-order valence-electron chi connectivity index (χ3n) is 4.59. The lowest BCUT2D eigenvalue weighted by atomic mass is 10.1. The molecule has 0 aliphatic heterocycles. The van der Waals surface area contributed by atoms with Crippen LogP contribution in [-0.4, -0.2) is 30.8 Å². The highest BCUT2D eigenvalue weighted by Crippen LogP contribution is 2.22. The molecule has 2 aromatic carbocycles. The molecule has 0 spiro atoms. The van der Waals surface area contributed by atoms with E-state index in [1.54, 1.807) is 12.1 Å². The number of thioether (sulfide) groups is 1. The topological polar surface area (TPSA) is 98.7 Å². The van der Waals surface area contributed by atoms with E-state index in [-0.39, 0.29) is 12.5 Å². The van der Waals surface area contributed by atoms with Crippen LogP contribution in [0.2, 0.25) is 0 Å². The van der Waals surface area contributed by atoms with Crippen LogP contribution in [0.4, 0.5) is 0 Å². The predicted molar refractivity (Wildman–Crippen MR) is 116 cm³/mol. The SMILES string of the molecule is CCn1c(Cc2ccccc2)nnc1SCc1nc(CNC(=O)c2ccccc2)no1. The average molecular weight is 435 g/mol. The molecule has 0 saturated carbocycles. The van der Waals surface area contributed by atoms with Crippen LogP contribution in [-0.2, 0) is 25.3 Å². The van der Waals surface area contributed by atoms with Crippen LogP contribution >= 0.6 is 11.8 Å². The summed E-state index contributed by atoms with van der Waals surface area (Å²) in [5, 5.41) is 16.2. The number of benzene rings is 2. The van der Waals surface area contributed by atoms with Gasteiger partial charge in [0.2, 0.25) is 5.89 Å². The summed E-state index contributed by atoms with van der Waals surface area (Å²) >= 11 is 1.50. The molecular formula is C22H22N6O2S. The van der Waals surface area contributed by atoms with Crippen molar-refractivity contribution in [1.82, 2.24) is 30.2 Å². The predicted octanol–water partition coefficient (Wildman–Crippen LogP) is 3.49. The largest absolute Gasteiger partial charge is 0.345 e. The second-order valence-electron chi connectivity index (χ2n) is 6.75. The second-order valence-corrected chi connectivity index (χ2v) is 7.69. The van der Waals surface area contributed by atoms with Gasteiger partial charge in [0.05, 0.1) is 12.3 Å². The van der Waals surface area contributed by atoms with Gasteiger partial charge in [-0.1, -0.05) is 65.4 Å². The highest BCUT2D eigenvalue weighted by Gasteiger charge is 2.15. The van der Waals surface area contributed by atoms with Gasteiger partial charge in [0.1, 0.15) is 5.82 Å². The summed E-state index contributed by atoms with van der Waals surface area (Å²) in [7, 11) is 0. The van der Waals surface area contributed by atoms with Crippen molar-refractivity contribution in [3.8, 4) is 0 Å². The van der Waals surface area contributed by atoms with Crippen molar-refractivity contribution < 1.29 is 9.32 Å². The van der Waals surface area contributed by atoms with Crippen LogP contribution in [0, 0.1) is 0 Å². The Balaban J connectivity index is 1.33. The molecule has 1 amide bonds. The first kappa shape index (κ1) is 20.8. The van der Waals surface area contributed by atoms with E-state index in [9.17, 15) is 4.79 Å². The Morgan fingerprint density at radius 3 is 2.55 bits per heavy atom.